The topological polar surface area (TPSA) is 59.9 Å². The smallest absolute Gasteiger partial charge is 0.148 e. The Balaban J connectivity index is 1.54. The lowest BCUT2D eigenvalue weighted by molar-refractivity contribution is -0.0411. The van der Waals surface area contributed by atoms with Crippen molar-refractivity contribution in [1.82, 2.24) is 15.0 Å². The Kier molecular flexibility index (Phi) is 4.71. The number of ether oxygens (including phenoxy) is 1. The molecule has 0 bridgehead atoms. The van der Waals surface area contributed by atoms with Gasteiger partial charge in [0.2, 0.25) is 0 Å². The van der Waals surface area contributed by atoms with Crippen LogP contribution in [0.25, 0.3) is 20.4 Å². The van der Waals surface area contributed by atoms with Gasteiger partial charge in [-0.2, -0.15) is 0 Å². The zero-order valence-electron chi connectivity index (χ0n) is 17.8. The van der Waals surface area contributed by atoms with E-state index in [9.17, 15) is 0 Å². The summed E-state index contributed by atoms with van der Waals surface area (Å²) < 4.78 is 7.08. The number of pyridine rings is 1. The molecule has 5 rings (SSSR count). The van der Waals surface area contributed by atoms with Crippen LogP contribution < -0.4 is 5.32 Å². The number of hydrogen-bond donors (Lipinski definition) is 1. The van der Waals surface area contributed by atoms with E-state index in [-0.39, 0.29) is 11.6 Å². The average Bonchev–Trinajstić information content (AvgIpc) is 3.04. The van der Waals surface area contributed by atoms with Gasteiger partial charge in [0.25, 0.3) is 0 Å². The molecule has 0 unspecified atom stereocenters. The molecule has 1 aliphatic rings. The van der Waals surface area contributed by atoms with Gasteiger partial charge >= 0.3 is 0 Å². The molecule has 6 heteroatoms. The van der Waals surface area contributed by atoms with Crippen molar-refractivity contribution < 1.29 is 4.74 Å². The Labute approximate surface area is 180 Å². The molecule has 154 valence electrons. The van der Waals surface area contributed by atoms with Gasteiger partial charge in [-0.25, -0.2) is 15.0 Å². The number of nitrogens with zero attached hydrogens (tertiary/aromatic N) is 3. The Morgan fingerprint density at radius 2 is 1.97 bits per heavy atom. The van der Waals surface area contributed by atoms with Gasteiger partial charge in [0, 0.05) is 23.4 Å². The summed E-state index contributed by atoms with van der Waals surface area (Å²) in [6, 6.07) is 13.0. The second kappa shape index (κ2) is 7.29. The van der Waals surface area contributed by atoms with Crippen LogP contribution in [-0.2, 0) is 24.2 Å². The predicted octanol–water partition coefficient (Wildman–Crippen LogP) is 5.44. The number of hydrogen-bond acceptors (Lipinski definition) is 6. The van der Waals surface area contributed by atoms with E-state index in [1.807, 2.05) is 6.92 Å². The van der Waals surface area contributed by atoms with Gasteiger partial charge in [0.1, 0.15) is 16.5 Å². The molecule has 0 radical (unpaired) electrons. The van der Waals surface area contributed by atoms with Gasteiger partial charge in [-0.1, -0.05) is 30.3 Å². The highest BCUT2D eigenvalue weighted by molar-refractivity contribution is 7.25. The summed E-state index contributed by atoms with van der Waals surface area (Å²) in [5.41, 5.74) is 4.44. The third kappa shape index (κ3) is 3.66. The van der Waals surface area contributed by atoms with Crippen LogP contribution in [0.4, 0.5) is 5.82 Å². The van der Waals surface area contributed by atoms with Crippen LogP contribution in [0.5, 0.6) is 0 Å². The first kappa shape index (κ1) is 19.4. The average molecular weight is 419 g/mol. The number of aromatic nitrogens is 3. The molecule has 0 saturated carbocycles. The van der Waals surface area contributed by atoms with E-state index in [1.165, 1.54) is 11.1 Å². The van der Waals surface area contributed by atoms with E-state index in [0.717, 1.165) is 50.6 Å². The summed E-state index contributed by atoms with van der Waals surface area (Å²) in [5, 5.41) is 4.72. The predicted molar refractivity (Wildman–Crippen MR) is 123 cm³/mol. The van der Waals surface area contributed by atoms with Gasteiger partial charge in [-0.3, -0.25) is 0 Å². The summed E-state index contributed by atoms with van der Waals surface area (Å²) in [6.07, 6.45) is 1.77. The van der Waals surface area contributed by atoms with E-state index in [2.05, 4.69) is 62.5 Å². The van der Waals surface area contributed by atoms with Crippen molar-refractivity contribution in [2.24, 2.45) is 0 Å². The van der Waals surface area contributed by atoms with Gasteiger partial charge in [-0.05, 0) is 45.7 Å². The molecule has 1 atom stereocenters. The molecule has 1 aliphatic heterocycles. The maximum Gasteiger partial charge on any atom is 0.148 e. The van der Waals surface area contributed by atoms with E-state index in [1.54, 1.807) is 11.3 Å². The number of rotatable bonds is 4. The maximum atomic E-state index is 6.00. The van der Waals surface area contributed by atoms with Crippen molar-refractivity contribution in [3.63, 3.8) is 0 Å². The molecule has 3 aromatic heterocycles. The van der Waals surface area contributed by atoms with Crippen molar-refractivity contribution >= 4 is 37.6 Å². The molecular formula is C24H26N4OS. The molecule has 0 fully saturated rings. The number of anilines is 1. The van der Waals surface area contributed by atoms with Gasteiger partial charge in [0.05, 0.1) is 28.1 Å². The highest BCUT2D eigenvalue weighted by Gasteiger charge is 2.28. The molecular weight excluding hydrogens is 392 g/mol. The molecule has 0 spiro atoms. The zero-order chi connectivity index (χ0) is 20.9. The minimum atomic E-state index is -0.166. The van der Waals surface area contributed by atoms with Crippen LogP contribution in [0, 0.1) is 6.92 Å². The lowest BCUT2D eigenvalue weighted by Gasteiger charge is -2.30. The molecule has 1 N–H and O–H groups in total. The fourth-order valence-electron chi connectivity index (χ4n) is 4.11. The van der Waals surface area contributed by atoms with Crippen molar-refractivity contribution in [2.75, 3.05) is 5.32 Å². The third-order valence-electron chi connectivity index (χ3n) is 5.57. The quantitative estimate of drug-likeness (QED) is 0.478. The minimum absolute atomic E-state index is 0.166. The van der Waals surface area contributed by atoms with E-state index >= 15 is 0 Å². The van der Waals surface area contributed by atoms with Crippen molar-refractivity contribution in [3.05, 3.63) is 59.0 Å². The van der Waals surface area contributed by atoms with Gasteiger partial charge < -0.3 is 10.1 Å². The number of benzene rings is 1. The summed E-state index contributed by atoms with van der Waals surface area (Å²) in [7, 11) is 0. The second-order valence-corrected chi connectivity index (χ2v) is 9.81. The fraction of sp³-hybridized carbons (Fsp3) is 0.375. The lowest BCUT2D eigenvalue weighted by Crippen LogP contribution is -2.32. The highest BCUT2D eigenvalue weighted by atomic mass is 32.1. The first-order valence-corrected chi connectivity index (χ1v) is 11.2. The van der Waals surface area contributed by atoms with Crippen molar-refractivity contribution in [2.45, 2.75) is 58.8 Å². The maximum absolute atomic E-state index is 6.00. The van der Waals surface area contributed by atoms with Gasteiger partial charge in [0.15, 0.2) is 0 Å². The van der Waals surface area contributed by atoms with E-state index < -0.39 is 0 Å². The van der Waals surface area contributed by atoms with Crippen LogP contribution in [-0.4, -0.2) is 26.6 Å². The van der Waals surface area contributed by atoms with Crippen molar-refractivity contribution in [1.29, 1.82) is 0 Å². The number of fused-ring (bicyclic) bond motifs is 4. The molecule has 0 amide bonds. The molecule has 0 aliphatic carbocycles. The van der Waals surface area contributed by atoms with Crippen molar-refractivity contribution in [3.8, 4) is 0 Å². The Hall–Kier alpha value is -2.57. The summed E-state index contributed by atoms with van der Waals surface area (Å²) >= 11 is 1.68. The van der Waals surface area contributed by atoms with E-state index in [4.69, 9.17) is 19.7 Å². The molecule has 4 heterocycles. The summed E-state index contributed by atoms with van der Waals surface area (Å²) in [4.78, 5) is 15.5. The van der Waals surface area contributed by atoms with Crippen LogP contribution in [0.15, 0.2) is 36.4 Å². The third-order valence-corrected chi connectivity index (χ3v) is 6.66. The Bertz CT molecular complexity index is 1230. The molecule has 4 aromatic rings. The number of aryl methyl sites for hydroxylation is 1. The van der Waals surface area contributed by atoms with E-state index in [0.29, 0.717) is 6.61 Å². The normalized spacial score (nSPS) is 16.5. The van der Waals surface area contributed by atoms with Crippen LogP contribution in [0.2, 0.25) is 0 Å². The number of thiophene rings is 1. The standard InChI is InChI=1S/C24H26N4OS/c1-14(10-16-8-6-5-7-9-16)25-22-21-20(26-15(2)27-22)18-11-17-13-29-24(3,4)12-19(17)28-23(18)30-21/h5-9,11,14H,10,12-13H2,1-4H3,(H,25,26,27)/t14-/m0/s1. The molecule has 0 saturated heterocycles. The molecule has 1 aromatic carbocycles. The highest BCUT2D eigenvalue weighted by Crippen LogP contribution is 2.38. The largest absolute Gasteiger partial charge is 0.370 e. The summed E-state index contributed by atoms with van der Waals surface area (Å²) in [5.74, 6) is 1.67. The molecule has 5 nitrogen and oxygen atoms in total. The minimum Gasteiger partial charge on any atom is -0.370 e. The monoisotopic (exact) mass is 418 g/mol. The lowest BCUT2D eigenvalue weighted by atomic mass is 9.95. The summed E-state index contributed by atoms with van der Waals surface area (Å²) in [6.45, 7) is 8.99. The van der Waals surface area contributed by atoms with Gasteiger partial charge in [-0.15, -0.1) is 11.3 Å². The number of nitrogens with one attached hydrogen (secondary N) is 1. The zero-order valence-corrected chi connectivity index (χ0v) is 18.6. The fourth-order valence-corrected chi connectivity index (χ4v) is 5.18. The Morgan fingerprint density at radius 1 is 1.17 bits per heavy atom. The molecule has 30 heavy (non-hydrogen) atoms. The SMILES string of the molecule is Cc1nc(N[C@@H](C)Cc2ccccc2)c2sc3nc4c(cc3c2n1)COC(C)(C)C4. The van der Waals surface area contributed by atoms with Crippen LogP contribution >= 0.6 is 11.3 Å². The van der Waals surface area contributed by atoms with Crippen LogP contribution in [0.3, 0.4) is 0 Å². The first-order chi connectivity index (χ1) is 14.4. The second-order valence-electron chi connectivity index (χ2n) is 8.81. The van der Waals surface area contributed by atoms with Crippen LogP contribution in [0.1, 0.15) is 43.4 Å². The Morgan fingerprint density at radius 3 is 2.77 bits per heavy atom. The first-order valence-electron chi connectivity index (χ1n) is 10.4.